The summed E-state index contributed by atoms with van der Waals surface area (Å²) in [5.41, 5.74) is 2.30. The molecule has 0 radical (unpaired) electrons. The number of hydrogen-bond acceptors (Lipinski definition) is 3. The van der Waals surface area contributed by atoms with Gasteiger partial charge in [-0.05, 0) is 30.5 Å². The van der Waals surface area contributed by atoms with Gasteiger partial charge in [-0.3, -0.25) is 0 Å². The van der Waals surface area contributed by atoms with E-state index in [1.54, 1.807) is 18.4 Å². The van der Waals surface area contributed by atoms with Gasteiger partial charge in [-0.1, -0.05) is 13.8 Å². The number of thiazole rings is 1. The smallest absolute Gasteiger partial charge is 0.146 e. The molecule has 0 bridgehead atoms. The van der Waals surface area contributed by atoms with E-state index < -0.39 is 0 Å². The van der Waals surface area contributed by atoms with Gasteiger partial charge in [0.2, 0.25) is 0 Å². The van der Waals surface area contributed by atoms with Crippen molar-refractivity contribution in [1.82, 2.24) is 4.98 Å². The zero-order chi connectivity index (χ0) is 11.0. The summed E-state index contributed by atoms with van der Waals surface area (Å²) in [4.78, 5) is 4.48. The second-order valence-electron chi connectivity index (χ2n) is 3.96. The molecule has 0 saturated carbocycles. The number of aromatic nitrogens is 1. The Bertz CT molecular complexity index is 488. The molecule has 15 heavy (non-hydrogen) atoms. The maximum atomic E-state index is 5.38. The van der Waals surface area contributed by atoms with Crippen LogP contribution < -0.4 is 4.74 Å². The van der Waals surface area contributed by atoms with E-state index in [1.807, 2.05) is 6.92 Å². The molecule has 80 valence electrons. The molecule has 0 fully saturated rings. The number of benzene rings is 1. The van der Waals surface area contributed by atoms with Crippen molar-refractivity contribution >= 4 is 21.6 Å². The molecule has 1 aromatic heterocycles. The van der Waals surface area contributed by atoms with Crippen molar-refractivity contribution in [2.45, 2.75) is 26.7 Å². The Hall–Kier alpha value is -1.09. The van der Waals surface area contributed by atoms with Crippen LogP contribution in [0.2, 0.25) is 0 Å². The van der Waals surface area contributed by atoms with Crippen LogP contribution in [0.1, 0.15) is 30.3 Å². The minimum atomic E-state index is 0.519. The molecular weight excluding hydrogens is 206 g/mol. The molecule has 0 spiro atoms. The summed E-state index contributed by atoms with van der Waals surface area (Å²) in [6.45, 7) is 6.40. The minimum absolute atomic E-state index is 0.519. The summed E-state index contributed by atoms with van der Waals surface area (Å²) in [6.07, 6.45) is 0. The SMILES string of the molecule is COc1cc(C(C)C)cc2sc(C)nc12. The zero-order valence-corrected chi connectivity index (χ0v) is 10.3. The van der Waals surface area contributed by atoms with Crippen LogP contribution in [0.25, 0.3) is 10.2 Å². The van der Waals surface area contributed by atoms with Crippen LogP contribution in [-0.4, -0.2) is 12.1 Å². The van der Waals surface area contributed by atoms with Gasteiger partial charge in [-0.2, -0.15) is 0 Å². The molecule has 0 aliphatic heterocycles. The fourth-order valence-electron chi connectivity index (χ4n) is 1.62. The van der Waals surface area contributed by atoms with Crippen LogP contribution >= 0.6 is 11.3 Å². The normalized spacial score (nSPS) is 11.3. The average Bonchev–Trinajstić information content (AvgIpc) is 2.56. The number of rotatable bonds is 2. The highest BCUT2D eigenvalue weighted by Gasteiger charge is 2.10. The third-order valence-corrected chi connectivity index (χ3v) is 3.39. The molecule has 0 N–H and O–H groups in total. The number of aryl methyl sites for hydroxylation is 1. The lowest BCUT2D eigenvalue weighted by Crippen LogP contribution is -1.90. The average molecular weight is 221 g/mol. The van der Waals surface area contributed by atoms with Gasteiger partial charge >= 0.3 is 0 Å². The molecule has 3 heteroatoms. The summed E-state index contributed by atoms with van der Waals surface area (Å²) in [7, 11) is 1.70. The predicted molar refractivity (Wildman–Crippen MR) is 65.0 cm³/mol. The second-order valence-corrected chi connectivity index (χ2v) is 5.19. The molecule has 2 rings (SSSR count). The van der Waals surface area contributed by atoms with Crippen molar-refractivity contribution in [3.05, 3.63) is 22.7 Å². The number of hydrogen-bond donors (Lipinski definition) is 0. The van der Waals surface area contributed by atoms with Crippen LogP contribution in [0, 0.1) is 6.92 Å². The lowest BCUT2D eigenvalue weighted by molar-refractivity contribution is 0.418. The fourth-order valence-corrected chi connectivity index (χ4v) is 2.51. The molecule has 0 atom stereocenters. The van der Waals surface area contributed by atoms with Crippen molar-refractivity contribution in [2.24, 2.45) is 0 Å². The lowest BCUT2D eigenvalue weighted by Gasteiger charge is -2.08. The van der Waals surface area contributed by atoms with E-state index in [1.165, 1.54) is 10.3 Å². The standard InChI is InChI=1S/C12H15NOS/c1-7(2)9-5-10(14-4)12-11(6-9)15-8(3)13-12/h5-7H,1-4H3. The van der Waals surface area contributed by atoms with Gasteiger partial charge in [0.1, 0.15) is 11.3 Å². The molecule has 0 saturated heterocycles. The fraction of sp³-hybridized carbons (Fsp3) is 0.417. The molecule has 1 aromatic carbocycles. The van der Waals surface area contributed by atoms with Gasteiger partial charge in [0.05, 0.1) is 16.8 Å². The highest BCUT2D eigenvalue weighted by Crippen LogP contribution is 2.33. The molecular formula is C12H15NOS. The highest BCUT2D eigenvalue weighted by molar-refractivity contribution is 7.18. The summed E-state index contributed by atoms with van der Waals surface area (Å²) >= 11 is 1.72. The monoisotopic (exact) mass is 221 g/mol. The van der Waals surface area contributed by atoms with E-state index in [-0.39, 0.29) is 0 Å². The first-order chi connectivity index (χ1) is 7.11. The molecule has 0 aliphatic carbocycles. The summed E-state index contributed by atoms with van der Waals surface area (Å²) in [5, 5.41) is 1.09. The summed E-state index contributed by atoms with van der Waals surface area (Å²) < 4.78 is 6.59. The van der Waals surface area contributed by atoms with Crippen LogP contribution in [0.5, 0.6) is 5.75 Å². The number of ether oxygens (including phenoxy) is 1. The van der Waals surface area contributed by atoms with Crippen LogP contribution in [0.15, 0.2) is 12.1 Å². The number of methoxy groups -OCH3 is 1. The van der Waals surface area contributed by atoms with Gasteiger partial charge < -0.3 is 4.74 Å². The molecule has 0 amide bonds. The Morgan fingerprint density at radius 3 is 2.67 bits per heavy atom. The third kappa shape index (κ3) is 1.84. The Morgan fingerprint density at radius 2 is 2.07 bits per heavy atom. The second kappa shape index (κ2) is 3.81. The molecule has 1 heterocycles. The van der Waals surface area contributed by atoms with Crippen LogP contribution in [0.4, 0.5) is 0 Å². The molecule has 2 aromatic rings. The van der Waals surface area contributed by atoms with E-state index in [0.717, 1.165) is 16.3 Å². The van der Waals surface area contributed by atoms with Crippen molar-refractivity contribution in [3.63, 3.8) is 0 Å². The van der Waals surface area contributed by atoms with Gasteiger partial charge in [0.15, 0.2) is 0 Å². The first-order valence-corrected chi connectivity index (χ1v) is 5.88. The van der Waals surface area contributed by atoms with Crippen molar-refractivity contribution in [1.29, 1.82) is 0 Å². The number of fused-ring (bicyclic) bond motifs is 1. The zero-order valence-electron chi connectivity index (χ0n) is 9.50. The Kier molecular flexibility index (Phi) is 2.65. The predicted octanol–water partition coefficient (Wildman–Crippen LogP) is 3.74. The van der Waals surface area contributed by atoms with E-state index >= 15 is 0 Å². The Balaban J connectivity index is 2.70. The topological polar surface area (TPSA) is 22.1 Å². The lowest BCUT2D eigenvalue weighted by atomic mass is 10.0. The van der Waals surface area contributed by atoms with Crippen molar-refractivity contribution in [2.75, 3.05) is 7.11 Å². The Morgan fingerprint density at radius 1 is 1.33 bits per heavy atom. The summed E-state index contributed by atoms with van der Waals surface area (Å²) in [5.74, 6) is 1.41. The first-order valence-electron chi connectivity index (χ1n) is 5.07. The van der Waals surface area contributed by atoms with E-state index in [9.17, 15) is 0 Å². The maximum absolute atomic E-state index is 5.38. The minimum Gasteiger partial charge on any atom is -0.494 e. The van der Waals surface area contributed by atoms with Crippen molar-refractivity contribution in [3.8, 4) is 5.75 Å². The van der Waals surface area contributed by atoms with Gasteiger partial charge in [0.25, 0.3) is 0 Å². The third-order valence-electron chi connectivity index (χ3n) is 2.48. The van der Waals surface area contributed by atoms with E-state index in [0.29, 0.717) is 5.92 Å². The number of nitrogens with zero attached hydrogens (tertiary/aromatic N) is 1. The highest BCUT2D eigenvalue weighted by atomic mass is 32.1. The first kappa shape index (κ1) is 10.4. The van der Waals surface area contributed by atoms with E-state index in [4.69, 9.17) is 4.74 Å². The maximum Gasteiger partial charge on any atom is 0.146 e. The van der Waals surface area contributed by atoms with Gasteiger partial charge in [-0.15, -0.1) is 11.3 Å². The van der Waals surface area contributed by atoms with Gasteiger partial charge in [0, 0.05) is 0 Å². The van der Waals surface area contributed by atoms with E-state index in [2.05, 4.69) is 31.0 Å². The van der Waals surface area contributed by atoms with Crippen LogP contribution in [0.3, 0.4) is 0 Å². The molecule has 2 nitrogen and oxygen atoms in total. The molecule has 0 unspecified atom stereocenters. The largest absolute Gasteiger partial charge is 0.494 e. The van der Waals surface area contributed by atoms with Crippen molar-refractivity contribution < 1.29 is 4.74 Å². The quantitative estimate of drug-likeness (QED) is 0.770. The molecule has 0 aliphatic rings. The summed E-state index contributed by atoms with van der Waals surface area (Å²) in [6, 6.07) is 4.30. The Labute approximate surface area is 93.9 Å². The van der Waals surface area contributed by atoms with Crippen LogP contribution in [-0.2, 0) is 0 Å². The van der Waals surface area contributed by atoms with Gasteiger partial charge in [-0.25, -0.2) is 4.98 Å².